The normalized spacial score (nSPS) is 12.5. The zero-order valence-electron chi connectivity index (χ0n) is 12.3. The summed E-state index contributed by atoms with van der Waals surface area (Å²) in [7, 11) is 0. The molecule has 0 aliphatic rings. The fourth-order valence-electron chi connectivity index (χ4n) is 2.27. The standard InChI is InChI=1S/C15H31NO/c1-5-9-12-14(11-7-3)16(13-10-6-2)15(17)8-4/h14H,5-13H2,1-4H3. The van der Waals surface area contributed by atoms with E-state index in [-0.39, 0.29) is 0 Å². The van der Waals surface area contributed by atoms with Gasteiger partial charge in [0.15, 0.2) is 0 Å². The Kier molecular flexibility index (Phi) is 10.3. The third-order valence-electron chi connectivity index (χ3n) is 3.33. The van der Waals surface area contributed by atoms with Gasteiger partial charge in [-0.1, -0.05) is 53.4 Å². The molecule has 0 fully saturated rings. The summed E-state index contributed by atoms with van der Waals surface area (Å²) in [6, 6.07) is 0.485. The predicted octanol–water partition coefficient (Wildman–Crippen LogP) is 4.38. The minimum atomic E-state index is 0.341. The lowest BCUT2D eigenvalue weighted by atomic mass is 10.0. The predicted molar refractivity (Wildman–Crippen MR) is 75.1 cm³/mol. The van der Waals surface area contributed by atoms with E-state index in [0.29, 0.717) is 18.4 Å². The zero-order chi connectivity index (χ0) is 13.1. The Morgan fingerprint density at radius 2 is 1.59 bits per heavy atom. The smallest absolute Gasteiger partial charge is 0.222 e. The van der Waals surface area contributed by atoms with Crippen molar-refractivity contribution >= 4 is 5.91 Å². The highest BCUT2D eigenvalue weighted by Crippen LogP contribution is 2.16. The Hall–Kier alpha value is -0.530. The molecule has 1 atom stereocenters. The molecule has 0 bridgehead atoms. The molecule has 0 aromatic rings. The van der Waals surface area contributed by atoms with E-state index in [2.05, 4.69) is 25.7 Å². The van der Waals surface area contributed by atoms with E-state index in [1.54, 1.807) is 0 Å². The van der Waals surface area contributed by atoms with Crippen LogP contribution in [0, 0.1) is 0 Å². The van der Waals surface area contributed by atoms with Gasteiger partial charge in [0.2, 0.25) is 5.91 Å². The van der Waals surface area contributed by atoms with Crippen molar-refractivity contribution in [2.24, 2.45) is 0 Å². The van der Waals surface area contributed by atoms with Gasteiger partial charge in [0.25, 0.3) is 0 Å². The number of rotatable bonds is 10. The second-order valence-corrected chi connectivity index (χ2v) is 4.88. The maximum atomic E-state index is 12.0. The fourth-order valence-corrected chi connectivity index (χ4v) is 2.27. The summed E-state index contributed by atoms with van der Waals surface area (Å²) < 4.78 is 0. The summed E-state index contributed by atoms with van der Waals surface area (Å²) in [5.74, 6) is 0.341. The van der Waals surface area contributed by atoms with Crippen LogP contribution in [0.4, 0.5) is 0 Å². The second kappa shape index (κ2) is 10.6. The van der Waals surface area contributed by atoms with Crippen molar-refractivity contribution < 1.29 is 4.79 Å². The van der Waals surface area contributed by atoms with Crippen molar-refractivity contribution in [2.45, 2.75) is 85.1 Å². The van der Waals surface area contributed by atoms with E-state index in [9.17, 15) is 4.79 Å². The Bertz CT molecular complexity index is 191. The van der Waals surface area contributed by atoms with Crippen LogP contribution in [0.25, 0.3) is 0 Å². The van der Waals surface area contributed by atoms with E-state index >= 15 is 0 Å². The number of carbonyl (C=O) groups excluding carboxylic acids is 1. The van der Waals surface area contributed by atoms with Gasteiger partial charge in [0.1, 0.15) is 0 Å². The van der Waals surface area contributed by atoms with Crippen molar-refractivity contribution in [1.29, 1.82) is 0 Å². The first-order valence-electron chi connectivity index (χ1n) is 7.50. The Balaban J connectivity index is 4.48. The average molecular weight is 241 g/mol. The summed E-state index contributed by atoms with van der Waals surface area (Å²) in [6.07, 6.45) is 8.93. The highest BCUT2D eigenvalue weighted by atomic mass is 16.2. The van der Waals surface area contributed by atoms with Crippen LogP contribution >= 0.6 is 0 Å². The number of hydrogen-bond acceptors (Lipinski definition) is 1. The maximum Gasteiger partial charge on any atom is 0.222 e. The van der Waals surface area contributed by atoms with Crippen LogP contribution in [-0.4, -0.2) is 23.4 Å². The summed E-state index contributed by atoms with van der Waals surface area (Å²) in [5, 5.41) is 0. The van der Waals surface area contributed by atoms with Crippen LogP contribution in [0.15, 0.2) is 0 Å². The first kappa shape index (κ1) is 16.5. The molecular weight excluding hydrogens is 210 g/mol. The molecule has 17 heavy (non-hydrogen) atoms. The molecule has 0 heterocycles. The van der Waals surface area contributed by atoms with Crippen LogP contribution in [0.5, 0.6) is 0 Å². The molecule has 0 aliphatic carbocycles. The molecule has 0 saturated heterocycles. The molecule has 0 aromatic carbocycles. The molecule has 0 N–H and O–H groups in total. The van der Waals surface area contributed by atoms with E-state index in [1.165, 1.54) is 32.1 Å². The average Bonchev–Trinajstić information content (AvgIpc) is 2.35. The maximum absolute atomic E-state index is 12.0. The molecule has 0 spiro atoms. The van der Waals surface area contributed by atoms with E-state index in [0.717, 1.165) is 19.4 Å². The topological polar surface area (TPSA) is 20.3 Å². The first-order chi connectivity index (χ1) is 8.21. The molecular formula is C15H31NO. The summed E-state index contributed by atoms with van der Waals surface area (Å²) >= 11 is 0. The van der Waals surface area contributed by atoms with E-state index < -0.39 is 0 Å². The lowest BCUT2D eigenvalue weighted by Gasteiger charge is -2.32. The van der Waals surface area contributed by atoms with Crippen LogP contribution in [-0.2, 0) is 4.79 Å². The largest absolute Gasteiger partial charge is 0.340 e. The molecule has 1 amide bonds. The zero-order valence-corrected chi connectivity index (χ0v) is 12.3. The quantitative estimate of drug-likeness (QED) is 0.555. The minimum absolute atomic E-state index is 0.341. The summed E-state index contributed by atoms with van der Waals surface area (Å²) in [4.78, 5) is 14.2. The van der Waals surface area contributed by atoms with Gasteiger partial charge in [-0.05, 0) is 19.3 Å². The molecule has 0 radical (unpaired) electrons. The van der Waals surface area contributed by atoms with Crippen LogP contribution in [0.1, 0.15) is 79.1 Å². The molecule has 2 nitrogen and oxygen atoms in total. The van der Waals surface area contributed by atoms with Crippen molar-refractivity contribution in [3.8, 4) is 0 Å². The van der Waals surface area contributed by atoms with Crippen LogP contribution < -0.4 is 0 Å². The first-order valence-corrected chi connectivity index (χ1v) is 7.50. The van der Waals surface area contributed by atoms with Gasteiger partial charge in [0.05, 0.1) is 0 Å². The monoisotopic (exact) mass is 241 g/mol. The Morgan fingerprint density at radius 3 is 2.06 bits per heavy atom. The number of carbonyl (C=O) groups is 1. The van der Waals surface area contributed by atoms with Crippen molar-refractivity contribution in [2.75, 3.05) is 6.54 Å². The molecule has 2 heteroatoms. The van der Waals surface area contributed by atoms with Crippen LogP contribution in [0.3, 0.4) is 0 Å². The van der Waals surface area contributed by atoms with Crippen LogP contribution in [0.2, 0.25) is 0 Å². The molecule has 0 aliphatic heterocycles. The second-order valence-electron chi connectivity index (χ2n) is 4.88. The number of nitrogens with zero attached hydrogens (tertiary/aromatic N) is 1. The van der Waals surface area contributed by atoms with Gasteiger partial charge >= 0.3 is 0 Å². The van der Waals surface area contributed by atoms with Crippen molar-refractivity contribution in [3.05, 3.63) is 0 Å². The van der Waals surface area contributed by atoms with Gasteiger partial charge in [-0.2, -0.15) is 0 Å². The fraction of sp³-hybridized carbons (Fsp3) is 0.933. The number of unbranched alkanes of at least 4 members (excludes halogenated alkanes) is 2. The molecule has 0 rings (SSSR count). The van der Waals surface area contributed by atoms with Gasteiger partial charge in [0, 0.05) is 19.0 Å². The minimum Gasteiger partial charge on any atom is -0.340 e. The van der Waals surface area contributed by atoms with E-state index in [4.69, 9.17) is 0 Å². The summed E-state index contributed by atoms with van der Waals surface area (Å²) in [6.45, 7) is 9.56. The third-order valence-corrected chi connectivity index (χ3v) is 3.33. The Labute approximate surface area is 108 Å². The molecule has 0 aromatic heterocycles. The Morgan fingerprint density at radius 1 is 0.941 bits per heavy atom. The third kappa shape index (κ3) is 6.70. The lowest BCUT2D eigenvalue weighted by molar-refractivity contribution is -0.133. The number of hydrogen-bond donors (Lipinski definition) is 0. The lowest BCUT2D eigenvalue weighted by Crippen LogP contribution is -2.40. The van der Waals surface area contributed by atoms with E-state index in [1.807, 2.05) is 6.92 Å². The summed E-state index contributed by atoms with van der Waals surface area (Å²) in [5.41, 5.74) is 0. The molecule has 0 saturated carbocycles. The number of amides is 1. The molecule has 102 valence electrons. The van der Waals surface area contributed by atoms with Gasteiger partial charge < -0.3 is 4.90 Å². The van der Waals surface area contributed by atoms with Crippen molar-refractivity contribution in [3.63, 3.8) is 0 Å². The van der Waals surface area contributed by atoms with Crippen molar-refractivity contribution in [1.82, 2.24) is 4.90 Å². The highest BCUT2D eigenvalue weighted by Gasteiger charge is 2.20. The highest BCUT2D eigenvalue weighted by molar-refractivity contribution is 5.76. The van der Waals surface area contributed by atoms with Gasteiger partial charge in [-0.25, -0.2) is 0 Å². The van der Waals surface area contributed by atoms with Gasteiger partial charge in [-0.15, -0.1) is 0 Å². The SMILES string of the molecule is CCCCC(CCC)N(CCCC)C(=O)CC. The molecule has 1 unspecified atom stereocenters. The van der Waals surface area contributed by atoms with Gasteiger partial charge in [-0.3, -0.25) is 4.79 Å².